The van der Waals surface area contributed by atoms with Crippen LogP contribution >= 0.6 is 0 Å². The zero-order chi connectivity index (χ0) is 29.7. The molecule has 5 aromatic rings. The SMILES string of the molecule is COC(=O)c1c(NC(=O)c2ccoc2)c2cc(NCc3ccc(C#CC(C)(C)O)cc3)cnc2n1Cc1ccccc1. The number of rotatable bonds is 8. The molecule has 0 unspecified atom stereocenters. The highest BCUT2D eigenvalue weighted by Gasteiger charge is 2.27. The predicted molar refractivity (Wildman–Crippen MR) is 160 cm³/mol. The Kier molecular flexibility index (Phi) is 8.09. The summed E-state index contributed by atoms with van der Waals surface area (Å²) in [6, 6.07) is 20.8. The van der Waals surface area contributed by atoms with Crippen molar-refractivity contribution >= 4 is 34.3 Å². The standard InChI is InChI=1S/C33H30N4O5/c1-33(2,40)15-13-22-9-11-23(12-10-22)18-34-26-17-27-28(36-31(38)25-14-16-42-21-25)29(32(39)41-3)37(30(27)35-19-26)20-24-7-5-4-6-8-24/h4-12,14,16-17,19,21,34,40H,18,20H2,1-3H3,(H,36,38). The lowest BCUT2D eigenvalue weighted by molar-refractivity contribution is 0.0590. The van der Waals surface area contributed by atoms with Crippen LogP contribution in [0.3, 0.4) is 0 Å². The fraction of sp³-hybridized carbons (Fsp3) is 0.182. The van der Waals surface area contributed by atoms with E-state index in [9.17, 15) is 14.7 Å². The topological polar surface area (TPSA) is 119 Å². The molecule has 42 heavy (non-hydrogen) atoms. The van der Waals surface area contributed by atoms with Gasteiger partial charge in [-0.15, -0.1) is 0 Å². The summed E-state index contributed by atoms with van der Waals surface area (Å²) in [6.07, 6.45) is 4.43. The van der Waals surface area contributed by atoms with Crippen LogP contribution in [0.4, 0.5) is 11.4 Å². The van der Waals surface area contributed by atoms with Gasteiger partial charge in [0.15, 0.2) is 5.69 Å². The van der Waals surface area contributed by atoms with Crippen molar-refractivity contribution < 1.29 is 23.8 Å². The van der Waals surface area contributed by atoms with Gasteiger partial charge in [0.05, 0.1) is 36.5 Å². The molecule has 0 bridgehead atoms. The number of nitrogens with one attached hydrogen (secondary N) is 2. The Morgan fingerprint density at radius 1 is 1.07 bits per heavy atom. The van der Waals surface area contributed by atoms with Gasteiger partial charge in [-0.2, -0.15) is 0 Å². The number of hydrogen-bond donors (Lipinski definition) is 3. The van der Waals surface area contributed by atoms with Crippen molar-refractivity contribution in [2.45, 2.75) is 32.5 Å². The molecule has 3 N–H and O–H groups in total. The van der Waals surface area contributed by atoms with E-state index in [1.165, 1.54) is 19.6 Å². The highest BCUT2D eigenvalue weighted by molar-refractivity contribution is 6.14. The van der Waals surface area contributed by atoms with E-state index in [1.807, 2.05) is 60.7 Å². The van der Waals surface area contributed by atoms with Gasteiger partial charge < -0.3 is 29.5 Å². The summed E-state index contributed by atoms with van der Waals surface area (Å²) in [5, 5.41) is 16.7. The van der Waals surface area contributed by atoms with E-state index in [4.69, 9.17) is 14.1 Å². The Labute approximate surface area is 243 Å². The number of fused-ring (bicyclic) bond motifs is 1. The zero-order valence-corrected chi connectivity index (χ0v) is 23.5. The molecule has 0 aliphatic rings. The van der Waals surface area contributed by atoms with E-state index in [2.05, 4.69) is 22.5 Å². The number of esters is 1. The van der Waals surface area contributed by atoms with Crippen LogP contribution in [0.1, 0.15) is 51.4 Å². The zero-order valence-electron chi connectivity index (χ0n) is 23.5. The summed E-state index contributed by atoms with van der Waals surface area (Å²) in [5.41, 5.74) is 3.70. The minimum absolute atomic E-state index is 0.181. The normalized spacial score (nSPS) is 11.0. The first-order valence-corrected chi connectivity index (χ1v) is 13.3. The minimum atomic E-state index is -1.06. The quantitative estimate of drug-likeness (QED) is 0.170. The third kappa shape index (κ3) is 6.52. The molecule has 9 nitrogen and oxygen atoms in total. The van der Waals surface area contributed by atoms with Crippen molar-refractivity contribution in [2.24, 2.45) is 0 Å². The second-order valence-corrected chi connectivity index (χ2v) is 10.2. The fourth-order valence-electron chi connectivity index (χ4n) is 4.39. The highest BCUT2D eigenvalue weighted by atomic mass is 16.5. The molecular weight excluding hydrogens is 532 g/mol. The number of ether oxygens (including phenoxy) is 1. The van der Waals surface area contributed by atoms with E-state index in [0.29, 0.717) is 41.1 Å². The summed E-state index contributed by atoms with van der Waals surface area (Å²) >= 11 is 0. The number of furan rings is 1. The molecule has 0 fully saturated rings. The lowest BCUT2D eigenvalue weighted by atomic mass is 10.1. The number of carbonyl (C=O) groups is 2. The number of pyridine rings is 1. The van der Waals surface area contributed by atoms with E-state index < -0.39 is 17.5 Å². The van der Waals surface area contributed by atoms with Crippen molar-refractivity contribution in [3.63, 3.8) is 0 Å². The first-order valence-electron chi connectivity index (χ1n) is 13.3. The van der Waals surface area contributed by atoms with Crippen LogP contribution in [0, 0.1) is 11.8 Å². The van der Waals surface area contributed by atoms with E-state index in [-0.39, 0.29) is 5.69 Å². The van der Waals surface area contributed by atoms with E-state index in [0.717, 1.165) is 16.7 Å². The number of aliphatic hydroxyl groups is 1. The maximum Gasteiger partial charge on any atom is 0.356 e. The Morgan fingerprint density at radius 2 is 1.83 bits per heavy atom. The number of aromatic nitrogens is 2. The molecule has 0 aliphatic carbocycles. The third-order valence-corrected chi connectivity index (χ3v) is 6.45. The van der Waals surface area contributed by atoms with Crippen LogP contribution < -0.4 is 10.6 Å². The average Bonchev–Trinajstić information content (AvgIpc) is 3.63. The average molecular weight is 563 g/mol. The van der Waals surface area contributed by atoms with Crippen molar-refractivity contribution in [1.82, 2.24) is 9.55 Å². The van der Waals surface area contributed by atoms with Gasteiger partial charge in [0.25, 0.3) is 5.91 Å². The van der Waals surface area contributed by atoms with Gasteiger partial charge in [-0.05, 0) is 49.2 Å². The second kappa shape index (κ2) is 12.0. The van der Waals surface area contributed by atoms with Gasteiger partial charge in [-0.3, -0.25) is 4.79 Å². The number of nitrogens with zero attached hydrogens (tertiary/aromatic N) is 2. The predicted octanol–water partition coefficient (Wildman–Crippen LogP) is 5.45. The van der Waals surface area contributed by atoms with Crippen molar-refractivity contribution in [1.29, 1.82) is 0 Å². The molecule has 9 heteroatoms. The summed E-state index contributed by atoms with van der Waals surface area (Å²) in [4.78, 5) is 30.9. The van der Waals surface area contributed by atoms with Crippen molar-refractivity contribution in [2.75, 3.05) is 17.7 Å². The Hall–Kier alpha value is -5.33. The van der Waals surface area contributed by atoms with Crippen molar-refractivity contribution in [3.05, 3.63) is 113 Å². The first-order chi connectivity index (χ1) is 20.2. The lowest BCUT2D eigenvalue weighted by Crippen LogP contribution is -2.17. The molecule has 212 valence electrons. The van der Waals surface area contributed by atoms with Crippen LogP contribution in [0.25, 0.3) is 11.0 Å². The smallest absolute Gasteiger partial charge is 0.356 e. The molecule has 0 radical (unpaired) electrons. The Bertz CT molecular complexity index is 1770. The van der Waals surface area contributed by atoms with Gasteiger partial charge in [-0.1, -0.05) is 54.3 Å². The Morgan fingerprint density at radius 3 is 2.50 bits per heavy atom. The van der Waals surface area contributed by atoms with Gasteiger partial charge in [0, 0.05) is 24.0 Å². The molecule has 0 saturated carbocycles. The molecule has 5 rings (SSSR count). The molecule has 0 atom stereocenters. The van der Waals surface area contributed by atoms with Crippen LogP contribution in [-0.2, 0) is 17.8 Å². The van der Waals surface area contributed by atoms with Crippen LogP contribution in [0.5, 0.6) is 0 Å². The second-order valence-electron chi connectivity index (χ2n) is 10.2. The maximum absolute atomic E-state index is 13.1. The number of hydrogen-bond acceptors (Lipinski definition) is 7. The monoisotopic (exact) mass is 562 g/mol. The molecule has 3 heterocycles. The molecular formula is C33H30N4O5. The minimum Gasteiger partial charge on any atom is -0.472 e. The number of amides is 1. The molecule has 3 aromatic heterocycles. The van der Waals surface area contributed by atoms with Gasteiger partial charge >= 0.3 is 5.97 Å². The van der Waals surface area contributed by atoms with Crippen LogP contribution in [0.2, 0.25) is 0 Å². The summed E-state index contributed by atoms with van der Waals surface area (Å²) < 4.78 is 12.0. The molecule has 0 aliphatic heterocycles. The summed E-state index contributed by atoms with van der Waals surface area (Å²) in [7, 11) is 1.30. The number of methoxy groups -OCH3 is 1. The molecule has 0 saturated heterocycles. The maximum atomic E-state index is 13.1. The van der Waals surface area contributed by atoms with E-state index >= 15 is 0 Å². The van der Waals surface area contributed by atoms with Crippen molar-refractivity contribution in [3.8, 4) is 11.8 Å². The number of carbonyl (C=O) groups excluding carboxylic acids is 2. The summed E-state index contributed by atoms with van der Waals surface area (Å²) in [6.45, 7) is 4.12. The third-order valence-electron chi connectivity index (χ3n) is 6.45. The largest absolute Gasteiger partial charge is 0.472 e. The van der Waals surface area contributed by atoms with Crippen LogP contribution in [0.15, 0.2) is 89.9 Å². The first kappa shape index (κ1) is 28.2. The number of anilines is 2. The lowest BCUT2D eigenvalue weighted by Gasteiger charge is -2.11. The van der Waals surface area contributed by atoms with E-state index in [1.54, 1.807) is 30.7 Å². The molecule has 0 spiro atoms. The van der Waals surface area contributed by atoms with Gasteiger partial charge in [0.2, 0.25) is 0 Å². The molecule has 1 amide bonds. The number of benzene rings is 2. The van der Waals surface area contributed by atoms with Gasteiger partial charge in [0.1, 0.15) is 17.5 Å². The van der Waals surface area contributed by atoms with Gasteiger partial charge in [-0.25, -0.2) is 9.78 Å². The highest BCUT2D eigenvalue weighted by Crippen LogP contribution is 2.34. The fourth-order valence-corrected chi connectivity index (χ4v) is 4.39. The Balaban J connectivity index is 1.50. The van der Waals surface area contributed by atoms with Crippen LogP contribution in [-0.4, -0.2) is 39.2 Å². The molecule has 2 aromatic carbocycles. The summed E-state index contributed by atoms with van der Waals surface area (Å²) in [5.74, 6) is 4.74.